The van der Waals surface area contributed by atoms with E-state index in [1.807, 2.05) is 0 Å². The van der Waals surface area contributed by atoms with Gasteiger partial charge in [-0.25, -0.2) is 9.37 Å². The Kier molecular flexibility index (Phi) is 7.12. The number of esters is 1. The van der Waals surface area contributed by atoms with E-state index in [-0.39, 0.29) is 35.0 Å². The number of carbonyl (C=O) groups excluding carboxylic acids is 2. The molecule has 0 aliphatic carbocycles. The quantitative estimate of drug-likeness (QED) is 0.424. The van der Waals surface area contributed by atoms with Crippen LogP contribution in [0.2, 0.25) is 0 Å². The van der Waals surface area contributed by atoms with E-state index >= 15 is 0 Å². The maximum Gasteiger partial charge on any atom is 0.311 e. The Labute approximate surface area is 159 Å². The van der Waals surface area contributed by atoms with E-state index < -0.39 is 16.8 Å². The fourth-order valence-corrected chi connectivity index (χ4v) is 3.08. The molecule has 0 aliphatic heterocycles. The highest BCUT2D eigenvalue weighted by molar-refractivity contribution is 8.00. The van der Waals surface area contributed by atoms with Crippen LogP contribution in [0.4, 0.5) is 4.39 Å². The molecule has 0 bridgehead atoms. The van der Waals surface area contributed by atoms with Crippen LogP contribution in [0, 0.1) is 5.82 Å². The van der Waals surface area contributed by atoms with Crippen LogP contribution in [0.1, 0.15) is 31.1 Å². The number of nitrogens with one attached hydrogen (secondary N) is 2. The fourth-order valence-electron chi connectivity index (χ4n) is 2.24. The summed E-state index contributed by atoms with van der Waals surface area (Å²) in [6.45, 7) is 3.46. The van der Waals surface area contributed by atoms with E-state index in [4.69, 9.17) is 0 Å². The summed E-state index contributed by atoms with van der Waals surface area (Å²) in [5.41, 5.74) is 0.618. The predicted molar refractivity (Wildman–Crippen MR) is 98.9 cm³/mol. The second-order valence-corrected chi connectivity index (χ2v) is 7.17. The number of benzene rings is 1. The molecule has 2 rings (SSSR count). The van der Waals surface area contributed by atoms with Gasteiger partial charge >= 0.3 is 5.97 Å². The molecule has 0 fully saturated rings. The third kappa shape index (κ3) is 6.21. The summed E-state index contributed by atoms with van der Waals surface area (Å²) in [6, 6.07) is 6.78. The number of H-pyrrole nitrogens is 1. The van der Waals surface area contributed by atoms with Gasteiger partial charge in [0.25, 0.3) is 5.56 Å². The molecule has 27 heavy (non-hydrogen) atoms. The summed E-state index contributed by atoms with van der Waals surface area (Å²) in [6.07, 6.45) is -0.129. The van der Waals surface area contributed by atoms with Gasteiger partial charge in [0, 0.05) is 6.07 Å². The number of hydrogen-bond acceptors (Lipinski definition) is 6. The lowest BCUT2D eigenvalue weighted by molar-refractivity contribution is -0.139. The molecule has 2 aromatic rings. The number of methoxy groups -OCH3 is 1. The molecule has 0 unspecified atom stereocenters. The minimum atomic E-state index is -0.551. The van der Waals surface area contributed by atoms with Gasteiger partial charge in [0.05, 0.1) is 30.5 Å². The second kappa shape index (κ2) is 9.31. The van der Waals surface area contributed by atoms with Crippen LogP contribution in [0.15, 0.2) is 40.3 Å². The van der Waals surface area contributed by atoms with Crippen LogP contribution in [0.25, 0.3) is 0 Å². The molecule has 1 aromatic heterocycles. The smallest absolute Gasteiger partial charge is 0.311 e. The van der Waals surface area contributed by atoms with Crippen LogP contribution in [-0.4, -0.2) is 34.2 Å². The Morgan fingerprint density at radius 1 is 1.30 bits per heavy atom. The zero-order valence-corrected chi connectivity index (χ0v) is 15.9. The Morgan fingerprint density at radius 2 is 1.96 bits per heavy atom. The highest BCUT2D eigenvalue weighted by Gasteiger charge is 2.19. The van der Waals surface area contributed by atoms with E-state index in [0.717, 1.165) is 17.3 Å². The van der Waals surface area contributed by atoms with Crippen LogP contribution in [0.3, 0.4) is 0 Å². The van der Waals surface area contributed by atoms with E-state index in [0.29, 0.717) is 0 Å². The summed E-state index contributed by atoms with van der Waals surface area (Å²) in [5, 5.41) is 2.51. The van der Waals surface area contributed by atoms with E-state index in [2.05, 4.69) is 20.0 Å². The first-order chi connectivity index (χ1) is 12.8. The number of aromatic amines is 1. The van der Waals surface area contributed by atoms with Gasteiger partial charge in [0.15, 0.2) is 5.16 Å². The number of thioether (sulfide) groups is 1. The maximum atomic E-state index is 13.0. The van der Waals surface area contributed by atoms with Crippen molar-refractivity contribution in [3.63, 3.8) is 0 Å². The fraction of sp³-hybridized carbons (Fsp3) is 0.333. The molecule has 1 heterocycles. The molecule has 144 valence electrons. The van der Waals surface area contributed by atoms with Crippen LogP contribution >= 0.6 is 11.8 Å². The molecule has 2 atom stereocenters. The second-order valence-electron chi connectivity index (χ2n) is 5.84. The van der Waals surface area contributed by atoms with E-state index in [1.165, 1.54) is 25.3 Å². The highest BCUT2D eigenvalue weighted by atomic mass is 32.2. The number of carbonyl (C=O) groups is 2. The normalized spacial score (nSPS) is 12.9. The average molecular weight is 393 g/mol. The Balaban J connectivity index is 2.02. The third-order valence-corrected chi connectivity index (χ3v) is 4.70. The molecule has 1 amide bonds. The third-order valence-electron chi connectivity index (χ3n) is 3.71. The molecule has 9 heteroatoms. The van der Waals surface area contributed by atoms with Crippen molar-refractivity contribution in [1.82, 2.24) is 15.3 Å². The van der Waals surface area contributed by atoms with E-state index in [9.17, 15) is 18.8 Å². The number of nitrogens with zero attached hydrogens (tertiary/aromatic N) is 1. The number of ether oxygens (including phenoxy) is 1. The maximum absolute atomic E-state index is 13.0. The molecule has 0 aliphatic rings. The van der Waals surface area contributed by atoms with Crippen LogP contribution in [0.5, 0.6) is 0 Å². The van der Waals surface area contributed by atoms with Gasteiger partial charge in [-0.1, -0.05) is 23.9 Å². The van der Waals surface area contributed by atoms with Gasteiger partial charge in [-0.2, -0.15) is 0 Å². The van der Waals surface area contributed by atoms with Crippen molar-refractivity contribution in [3.05, 3.63) is 57.8 Å². The first-order valence-electron chi connectivity index (χ1n) is 8.18. The molecule has 0 spiro atoms. The van der Waals surface area contributed by atoms with Crippen molar-refractivity contribution in [3.8, 4) is 0 Å². The van der Waals surface area contributed by atoms with Gasteiger partial charge in [-0.15, -0.1) is 0 Å². The van der Waals surface area contributed by atoms with Crippen molar-refractivity contribution in [1.29, 1.82) is 0 Å². The summed E-state index contributed by atoms with van der Waals surface area (Å²) in [5.74, 6) is -1.12. The highest BCUT2D eigenvalue weighted by Crippen LogP contribution is 2.20. The van der Waals surface area contributed by atoms with Gasteiger partial charge in [0.2, 0.25) is 5.91 Å². The van der Waals surface area contributed by atoms with Crippen molar-refractivity contribution < 1.29 is 18.7 Å². The lowest BCUT2D eigenvalue weighted by Crippen LogP contribution is -2.33. The van der Waals surface area contributed by atoms with Gasteiger partial charge in [-0.05, 0) is 31.5 Å². The van der Waals surface area contributed by atoms with Gasteiger partial charge in [0.1, 0.15) is 5.82 Å². The summed E-state index contributed by atoms with van der Waals surface area (Å²) in [4.78, 5) is 42.2. The Hall–Kier alpha value is -2.68. The Bertz CT molecular complexity index is 870. The monoisotopic (exact) mass is 393 g/mol. The van der Waals surface area contributed by atoms with Gasteiger partial charge < -0.3 is 15.0 Å². The molecule has 2 N–H and O–H groups in total. The van der Waals surface area contributed by atoms with Crippen LogP contribution < -0.4 is 10.9 Å². The summed E-state index contributed by atoms with van der Waals surface area (Å²) < 4.78 is 17.6. The SMILES string of the molecule is COC(=O)Cc1cc(=O)[nH]c(S[C@@H](C)C(=O)N[C@@H](C)c2ccc(F)cc2)n1. The zero-order chi connectivity index (χ0) is 20.0. The van der Waals surface area contributed by atoms with Crippen LogP contribution in [-0.2, 0) is 20.7 Å². The minimum Gasteiger partial charge on any atom is -0.469 e. The molecule has 0 saturated heterocycles. The number of aromatic nitrogens is 2. The zero-order valence-electron chi connectivity index (χ0n) is 15.1. The molecule has 0 saturated carbocycles. The molecular formula is C18H20FN3O4S. The number of rotatable bonds is 7. The first-order valence-corrected chi connectivity index (χ1v) is 9.06. The van der Waals surface area contributed by atoms with Gasteiger partial charge in [-0.3, -0.25) is 14.4 Å². The summed E-state index contributed by atoms with van der Waals surface area (Å²) >= 11 is 1.06. The Morgan fingerprint density at radius 3 is 2.59 bits per heavy atom. The number of amides is 1. The lowest BCUT2D eigenvalue weighted by Gasteiger charge is -2.17. The van der Waals surface area contributed by atoms with Crippen molar-refractivity contribution in [2.24, 2.45) is 0 Å². The average Bonchev–Trinajstić information content (AvgIpc) is 2.61. The predicted octanol–water partition coefficient (Wildman–Crippen LogP) is 1.98. The largest absolute Gasteiger partial charge is 0.469 e. The first kappa shape index (κ1) is 20.6. The topological polar surface area (TPSA) is 101 Å². The molecule has 0 radical (unpaired) electrons. The molecule has 1 aromatic carbocycles. The van der Waals surface area contributed by atoms with Crippen molar-refractivity contribution in [2.75, 3.05) is 7.11 Å². The molecule has 7 nitrogen and oxygen atoms in total. The minimum absolute atomic E-state index is 0.129. The molecular weight excluding hydrogens is 373 g/mol. The number of hydrogen-bond donors (Lipinski definition) is 2. The lowest BCUT2D eigenvalue weighted by atomic mass is 10.1. The van der Waals surface area contributed by atoms with Crippen molar-refractivity contribution in [2.45, 2.75) is 36.7 Å². The number of halogens is 1. The van der Waals surface area contributed by atoms with E-state index in [1.54, 1.807) is 26.0 Å². The van der Waals surface area contributed by atoms with Crippen molar-refractivity contribution >= 4 is 23.6 Å². The standard InChI is InChI=1S/C18H20FN3O4S/c1-10(12-4-6-13(19)7-5-12)20-17(25)11(2)27-18-21-14(8-15(23)22-18)9-16(24)26-3/h4-8,10-11H,9H2,1-3H3,(H,20,25)(H,21,22,23)/t10-,11-/m0/s1. The summed E-state index contributed by atoms with van der Waals surface area (Å²) in [7, 11) is 1.25.